The van der Waals surface area contributed by atoms with Crippen LogP contribution >= 0.6 is 0 Å². The smallest absolute Gasteiger partial charge is 0.123 e. The Labute approximate surface area is 121 Å². The second-order valence-corrected chi connectivity index (χ2v) is 6.31. The molecule has 1 N–H and O–H groups in total. The quantitative estimate of drug-likeness (QED) is 0.909. The number of rotatable bonds is 4. The van der Waals surface area contributed by atoms with Crippen LogP contribution in [0.1, 0.15) is 31.2 Å². The zero-order chi connectivity index (χ0) is 13.8. The lowest BCUT2D eigenvalue weighted by Crippen LogP contribution is -2.39. The minimum absolute atomic E-state index is 0.133. The van der Waals surface area contributed by atoms with Gasteiger partial charge in [-0.25, -0.2) is 4.39 Å². The van der Waals surface area contributed by atoms with E-state index in [1.807, 2.05) is 12.1 Å². The molecule has 1 aromatic rings. The SMILES string of the molecule is Fc1ccc(CC2CCCN2CC2CCNCC2)cc1. The van der Waals surface area contributed by atoms with Crippen molar-refractivity contribution in [1.29, 1.82) is 0 Å². The second kappa shape index (κ2) is 6.68. The lowest BCUT2D eigenvalue weighted by atomic mass is 9.96. The largest absolute Gasteiger partial charge is 0.317 e. The molecule has 2 heterocycles. The fraction of sp³-hybridized carbons (Fsp3) is 0.647. The first kappa shape index (κ1) is 14.0. The van der Waals surface area contributed by atoms with Crippen molar-refractivity contribution in [2.45, 2.75) is 38.1 Å². The number of hydrogen-bond donors (Lipinski definition) is 1. The second-order valence-electron chi connectivity index (χ2n) is 6.31. The van der Waals surface area contributed by atoms with Crippen molar-refractivity contribution < 1.29 is 4.39 Å². The molecule has 1 unspecified atom stereocenters. The highest BCUT2D eigenvalue weighted by molar-refractivity contribution is 5.17. The Morgan fingerprint density at radius 3 is 2.60 bits per heavy atom. The fourth-order valence-corrected chi connectivity index (χ4v) is 3.66. The predicted octanol–water partition coefficient (Wildman–Crippen LogP) is 2.83. The normalized spacial score (nSPS) is 25.1. The van der Waals surface area contributed by atoms with Gasteiger partial charge in [0.1, 0.15) is 5.82 Å². The van der Waals surface area contributed by atoms with E-state index < -0.39 is 0 Å². The summed E-state index contributed by atoms with van der Waals surface area (Å²) in [5, 5.41) is 3.44. The van der Waals surface area contributed by atoms with Crippen molar-refractivity contribution in [2.75, 3.05) is 26.2 Å². The molecule has 3 heteroatoms. The summed E-state index contributed by atoms with van der Waals surface area (Å²) in [5.74, 6) is 0.733. The molecular weight excluding hydrogens is 251 g/mol. The summed E-state index contributed by atoms with van der Waals surface area (Å²) in [7, 11) is 0. The van der Waals surface area contributed by atoms with Gasteiger partial charge in [0.2, 0.25) is 0 Å². The third kappa shape index (κ3) is 3.58. The first-order valence-corrected chi connectivity index (χ1v) is 8.00. The Morgan fingerprint density at radius 1 is 1.10 bits per heavy atom. The van der Waals surface area contributed by atoms with Gasteiger partial charge in [-0.3, -0.25) is 4.90 Å². The maximum absolute atomic E-state index is 13.0. The van der Waals surface area contributed by atoms with Crippen LogP contribution in [0.3, 0.4) is 0 Å². The fourth-order valence-electron chi connectivity index (χ4n) is 3.66. The summed E-state index contributed by atoms with van der Waals surface area (Å²) in [6.07, 6.45) is 6.32. The highest BCUT2D eigenvalue weighted by atomic mass is 19.1. The Kier molecular flexibility index (Phi) is 4.69. The van der Waals surface area contributed by atoms with E-state index in [0.717, 1.165) is 12.3 Å². The van der Waals surface area contributed by atoms with Crippen molar-refractivity contribution in [3.63, 3.8) is 0 Å². The van der Waals surface area contributed by atoms with Crippen LogP contribution in [0.4, 0.5) is 4.39 Å². The Hall–Kier alpha value is -0.930. The van der Waals surface area contributed by atoms with Crippen molar-refractivity contribution in [2.24, 2.45) is 5.92 Å². The average molecular weight is 276 g/mol. The molecule has 20 heavy (non-hydrogen) atoms. The Morgan fingerprint density at radius 2 is 1.85 bits per heavy atom. The zero-order valence-corrected chi connectivity index (χ0v) is 12.2. The van der Waals surface area contributed by atoms with Crippen LogP contribution < -0.4 is 5.32 Å². The third-order valence-electron chi connectivity index (χ3n) is 4.84. The molecule has 2 aliphatic heterocycles. The van der Waals surface area contributed by atoms with Crippen LogP contribution in [-0.4, -0.2) is 37.1 Å². The minimum Gasteiger partial charge on any atom is -0.317 e. The van der Waals surface area contributed by atoms with Gasteiger partial charge in [0, 0.05) is 12.6 Å². The van der Waals surface area contributed by atoms with Crippen LogP contribution in [0.5, 0.6) is 0 Å². The third-order valence-corrected chi connectivity index (χ3v) is 4.84. The molecule has 1 aromatic carbocycles. The van der Waals surface area contributed by atoms with Gasteiger partial charge in [0.05, 0.1) is 0 Å². The van der Waals surface area contributed by atoms with Crippen LogP contribution in [0.15, 0.2) is 24.3 Å². The molecule has 0 amide bonds. The van der Waals surface area contributed by atoms with Crippen LogP contribution in [0, 0.1) is 11.7 Å². The topological polar surface area (TPSA) is 15.3 Å². The van der Waals surface area contributed by atoms with E-state index in [9.17, 15) is 4.39 Å². The van der Waals surface area contributed by atoms with Gasteiger partial charge in [-0.1, -0.05) is 12.1 Å². The van der Waals surface area contributed by atoms with Crippen molar-refractivity contribution >= 4 is 0 Å². The standard InChI is InChI=1S/C17H25FN2/c18-16-5-3-14(4-6-16)12-17-2-1-11-20(17)13-15-7-9-19-10-8-15/h3-6,15,17,19H,1-2,7-13H2. The molecular formula is C17H25FN2. The van der Waals surface area contributed by atoms with Crippen LogP contribution in [0.25, 0.3) is 0 Å². The van der Waals surface area contributed by atoms with Gasteiger partial charge in [-0.05, 0) is 75.4 Å². The molecule has 3 rings (SSSR count). The number of benzene rings is 1. The molecule has 0 spiro atoms. The van der Waals surface area contributed by atoms with E-state index in [0.29, 0.717) is 6.04 Å². The predicted molar refractivity (Wildman–Crippen MR) is 80.3 cm³/mol. The van der Waals surface area contributed by atoms with Crippen LogP contribution in [0.2, 0.25) is 0 Å². The summed E-state index contributed by atoms with van der Waals surface area (Å²) < 4.78 is 13.0. The summed E-state index contributed by atoms with van der Waals surface area (Å²) >= 11 is 0. The van der Waals surface area contributed by atoms with Crippen molar-refractivity contribution in [1.82, 2.24) is 10.2 Å². The summed E-state index contributed by atoms with van der Waals surface area (Å²) in [6, 6.07) is 7.71. The van der Waals surface area contributed by atoms with E-state index in [1.165, 1.54) is 57.4 Å². The minimum atomic E-state index is -0.133. The Balaban J connectivity index is 1.56. The monoisotopic (exact) mass is 276 g/mol. The number of piperidine rings is 1. The van der Waals surface area contributed by atoms with Crippen molar-refractivity contribution in [3.05, 3.63) is 35.6 Å². The van der Waals surface area contributed by atoms with Gasteiger partial charge in [0.25, 0.3) is 0 Å². The number of nitrogens with zero attached hydrogens (tertiary/aromatic N) is 1. The number of nitrogens with one attached hydrogen (secondary N) is 1. The lowest BCUT2D eigenvalue weighted by Gasteiger charge is -2.31. The molecule has 0 aliphatic carbocycles. The van der Waals surface area contributed by atoms with Gasteiger partial charge < -0.3 is 5.32 Å². The first-order chi connectivity index (χ1) is 9.81. The van der Waals surface area contributed by atoms with Crippen molar-refractivity contribution in [3.8, 4) is 0 Å². The number of hydrogen-bond acceptors (Lipinski definition) is 2. The summed E-state index contributed by atoms with van der Waals surface area (Å²) in [6.45, 7) is 4.87. The Bertz CT molecular complexity index is 412. The molecule has 2 saturated heterocycles. The molecule has 2 fully saturated rings. The van der Waals surface area contributed by atoms with E-state index in [4.69, 9.17) is 0 Å². The van der Waals surface area contributed by atoms with Crippen LogP contribution in [-0.2, 0) is 6.42 Å². The maximum atomic E-state index is 13.0. The molecule has 0 saturated carbocycles. The summed E-state index contributed by atoms with van der Waals surface area (Å²) in [5.41, 5.74) is 1.27. The van der Waals surface area contributed by atoms with Gasteiger partial charge >= 0.3 is 0 Å². The van der Waals surface area contributed by atoms with Gasteiger partial charge in [-0.15, -0.1) is 0 Å². The van der Waals surface area contributed by atoms with Gasteiger partial charge in [0.15, 0.2) is 0 Å². The van der Waals surface area contributed by atoms with E-state index in [1.54, 1.807) is 12.1 Å². The molecule has 110 valence electrons. The average Bonchev–Trinajstić information content (AvgIpc) is 2.90. The van der Waals surface area contributed by atoms with E-state index >= 15 is 0 Å². The number of likely N-dealkylation sites (tertiary alicyclic amines) is 1. The van der Waals surface area contributed by atoms with E-state index in [2.05, 4.69) is 10.2 Å². The highest BCUT2D eigenvalue weighted by Crippen LogP contribution is 2.24. The molecule has 1 atom stereocenters. The zero-order valence-electron chi connectivity index (χ0n) is 12.2. The van der Waals surface area contributed by atoms with E-state index in [-0.39, 0.29) is 5.82 Å². The lowest BCUT2D eigenvalue weighted by molar-refractivity contribution is 0.191. The maximum Gasteiger partial charge on any atom is 0.123 e. The summed E-state index contributed by atoms with van der Waals surface area (Å²) in [4.78, 5) is 2.68. The molecule has 2 nitrogen and oxygen atoms in total. The first-order valence-electron chi connectivity index (χ1n) is 8.00. The molecule has 0 radical (unpaired) electrons. The molecule has 0 bridgehead atoms. The highest BCUT2D eigenvalue weighted by Gasteiger charge is 2.27. The molecule has 0 aromatic heterocycles. The molecule has 2 aliphatic rings. The van der Waals surface area contributed by atoms with Gasteiger partial charge in [-0.2, -0.15) is 0 Å². The number of halogens is 1.